The van der Waals surface area contributed by atoms with Gasteiger partial charge in [0, 0.05) is 42.9 Å². The van der Waals surface area contributed by atoms with Gasteiger partial charge >= 0.3 is 0 Å². The fourth-order valence-corrected chi connectivity index (χ4v) is 4.42. The monoisotopic (exact) mass is 379 g/mol. The summed E-state index contributed by atoms with van der Waals surface area (Å²) in [4.78, 5) is 23.6. The molecule has 0 spiro atoms. The Balaban J connectivity index is 1.34. The number of fused-ring (bicyclic) bond motifs is 1. The molecular formula is C20H25N7O. The Bertz CT molecular complexity index is 1000. The maximum atomic E-state index is 12.4. The molecule has 1 atom stereocenters. The first kappa shape index (κ1) is 17.4. The highest BCUT2D eigenvalue weighted by Gasteiger charge is 2.27. The zero-order valence-electron chi connectivity index (χ0n) is 15.9. The minimum atomic E-state index is -0.0612. The van der Waals surface area contributed by atoms with E-state index in [1.165, 1.54) is 18.5 Å². The summed E-state index contributed by atoms with van der Waals surface area (Å²) in [6, 6.07) is 3.64. The third-order valence-corrected chi connectivity index (χ3v) is 5.93. The number of rotatable bonds is 5. The van der Waals surface area contributed by atoms with Gasteiger partial charge < -0.3 is 4.57 Å². The zero-order chi connectivity index (χ0) is 18.9. The molecule has 0 radical (unpaired) electrons. The van der Waals surface area contributed by atoms with Crippen molar-refractivity contribution < 1.29 is 0 Å². The van der Waals surface area contributed by atoms with E-state index >= 15 is 0 Å². The molecule has 0 aromatic carbocycles. The minimum Gasteiger partial charge on any atom is -0.331 e. The Morgan fingerprint density at radius 3 is 3.00 bits per heavy atom. The lowest BCUT2D eigenvalue weighted by Gasteiger charge is -2.25. The first-order valence-electron chi connectivity index (χ1n) is 10.1. The number of hydrogen-bond donors (Lipinski definition) is 0. The van der Waals surface area contributed by atoms with Gasteiger partial charge in [0.05, 0.1) is 13.1 Å². The standard InChI is InChI=1S/C20H25N7O/c28-20-7-6-18(25-11-8-21-15-25)23-27(20)13-17-5-3-9-24(17)14-19-22-12-16-4-1-2-10-26(16)19/h6-8,11-12,15,17H,1-5,9-10,13-14H2. The Morgan fingerprint density at radius 2 is 2.11 bits per heavy atom. The summed E-state index contributed by atoms with van der Waals surface area (Å²) < 4.78 is 5.81. The third kappa shape index (κ3) is 3.28. The highest BCUT2D eigenvalue weighted by atomic mass is 16.1. The molecule has 0 aliphatic carbocycles. The molecular weight excluding hydrogens is 354 g/mol. The highest BCUT2D eigenvalue weighted by Crippen LogP contribution is 2.23. The third-order valence-electron chi connectivity index (χ3n) is 5.93. The Morgan fingerprint density at radius 1 is 1.14 bits per heavy atom. The van der Waals surface area contributed by atoms with Crippen LogP contribution in [0.2, 0.25) is 0 Å². The number of nitrogens with zero attached hydrogens (tertiary/aromatic N) is 7. The smallest absolute Gasteiger partial charge is 0.266 e. The summed E-state index contributed by atoms with van der Waals surface area (Å²) in [7, 11) is 0. The lowest BCUT2D eigenvalue weighted by molar-refractivity contribution is 0.208. The van der Waals surface area contributed by atoms with Crippen molar-refractivity contribution in [2.45, 2.75) is 57.8 Å². The van der Waals surface area contributed by atoms with E-state index in [1.807, 2.05) is 17.0 Å². The summed E-state index contributed by atoms with van der Waals surface area (Å²) in [6.07, 6.45) is 13.1. The van der Waals surface area contributed by atoms with Crippen LogP contribution in [0.5, 0.6) is 0 Å². The molecule has 28 heavy (non-hydrogen) atoms. The lowest BCUT2D eigenvalue weighted by Crippen LogP contribution is -2.37. The average Bonchev–Trinajstić information content (AvgIpc) is 3.46. The molecule has 3 aromatic heterocycles. The van der Waals surface area contributed by atoms with Gasteiger partial charge in [0.1, 0.15) is 12.2 Å². The van der Waals surface area contributed by atoms with Crippen LogP contribution in [0.1, 0.15) is 37.2 Å². The van der Waals surface area contributed by atoms with Gasteiger partial charge in [-0.05, 0) is 44.7 Å². The summed E-state index contributed by atoms with van der Waals surface area (Å²) in [5.41, 5.74) is 1.30. The lowest BCUT2D eigenvalue weighted by atomic mass is 10.1. The van der Waals surface area contributed by atoms with Crippen LogP contribution in [0.15, 0.2) is 41.8 Å². The van der Waals surface area contributed by atoms with Crippen molar-refractivity contribution in [3.63, 3.8) is 0 Å². The number of aromatic nitrogens is 6. The van der Waals surface area contributed by atoms with E-state index in [0.717, 1.165) is 44.7 Å². The summed E-state index contributed by atoms with van der Waals surface area (Å²) in [6.45, 7) is 3.58. The van der Waals surface area contributed by atoms with E-state index in [2.05, 4.69) is 19.5 Å². The molecule has 0 amide bonds. The second kappa shape index (κ2) is 7.35. The van der Waals surface area contributed by atoms with Crippen molar-refractivity contribution in [1.29, 1.82) is 0 Å². The maximum absolute atomic E-state index is 12.4. The van der Waals surface area contributed by atoms with Crippen LogP contribution in [0.25, 0.3) is 5.82 Å². The number of likely N-dealkylation sites (tertiary alicyclic amines) is 1. The highest BCUT2D eigenvalue weighted by molar-refractivity contribution is 5.19. The van der Waals surface area contributed by atoms with Gasteiger partial charge in [0.15, 0.2) is 5.82 Å². The first-order valence-corrected chi connectivity index (χ1v) is 10.1. The van der Waals surface area contributed by atoms with Crippen molar-refractivity contribution in [3.8, 4) is 5.82 Å². The van der Waals surface area contributed by atoms with Crippen LogP contribution in [-0.2, 0) is 26.1 Å². The van der Waals surface area contributed by atoms with Crippen LogP contribution in [0.3, 0.4) is 0 Å². The van der Waals surface area contributed by atoms with Gasteiger partial charge in [0.25, 0.3) is 5.56 Å². The van der Waals surface area contributed by atoms with E-state index in [0.29, 0.717) is 18.4 Å². The molecule has 1 saturated heterocycles. The summed E-state index contributed by atoms with van der Waals surface area (Å²) in [5.74, 6) is 1.87. The quantitative estimate of drug-likeness (QED) is 0.674. The van der Waals surface area contributed by atoms with Gasteiger partial charge in [-0.3, -0.25) is 14.3 Å². The van der Waals surface area contributed by atoms with E-state index in [4.69, 9.17) is 4.98 Å². The molecule has 146 valence electrons. The molecule has 1 unspecified atom stereocenters. The predicted octanol–water partition coefficient (Wildman–Crippen LogP) is 1.63. The molecule has 2 aliphatic heterocycles. The van der Waals surface area contributed by atoms with Crippen LogP contribution >= 0.6 is 0 Å². The van der Waals surface area contributed by atoms with Gasteiger partial charge in [-0.15, -0.1) is 0 Å². The van der Waals surface area contributed by atoms with Gasteiger partial charge in [-0.1, -0.05) is 0 Å². The molecule has 5 heterocycles. The SMILES string of the molecule is O=c1ccc(-n2ccnc2)nn1CC1CCCN1Cc1ncc2n1CCCC2. The number of aryl methyl sites for hydroxylation is 1. The Labute approximate surface area is 163 Å². The topological polar surface area (TPSA) is 73.8 Å². The van der Waals surface area contributed by atoms with E-state index in [1.54, 1.807) is 29.3 Å². The van der Waals surface area contributed by atoms with Crippen molar-refractivity contribution in [3.05, 3.63) is 58.9 Å². The predicted molar refractivity (Wildman–Crippen MR) is 104 cm³/mol. The zero-order valence-corrected chi connectivity index (χ0v) is 15.9. The fraction of sp³-hybridized carbons (Fsp3) is 0.500. The Kier molecular flexibility index (Phi) is 4.56. The minimum absolute atomic E-state index is 0.0612. The van der Waals surface area contributed by atoms with Gasteiger partial charge in [-0.2, -0.15) is 5.10 Å². The largest absolute Gasteiger partial charge is 0.331 e. The first-order chi connectivity index (χ1) is 13.8. The van der Waals surface area contributed by atoms with Gasteiger partial charge in [-0.25, -0.2) is 14.6 Å². The van der Waals surface area contributed by atoms with Crippen molar-refractivity contribution in [2.24, 2.45) is 0 Å². The van der Waals surface area contributed by atoms with Crippen molar-refractivity contribution >= 4 is 0 Å². The maximum Gasteiger partial charge on any atom is 0.266 e. The van der Waals surface area contributed by atoms with Crippen LogP contribution in [0, 0.1) is 0 Å². The number of hydrogen-bond acceptors (Lipinski definition) is 5. The molecule has 5 rings (SSSR count). The molecule has 2 aliphatic rings. The molecule has 3 aromatic rings. The second-order valence-electron chi connectivity index (χ2n) is 7.72. The molecule has 1 fully saturated rings. The van der Waals surface area contributed by atoms with E-state index in [9.17, 15) is 4.79 Å². The number of imidazole rings is 2. The molecule has 8 heteroatoms. The molecule has 0 bridgehead atoms. The van der Waals surface area contributed by atoms with Crippen LogP contribution in [0.4, 0.5) is 0 Å². The second-order valence-corrected chi connectivity index (χ2v) is 7.72. The normalized spacial score (nSPS) is 19.8. The van der Waals surface area contributed by atoms with Gasteiger partial charge in [0.2, 0.25) is 0 Å². The Hall–Kier alpha value is -2.74. The van der Waals surface area contributed by atoms with Crippen LogP contribution < -0.4 is 5.56 Å². The average molecular weight is 379 g/mol. The molecule has 8 nitrogen and oxygen atoms in total. The summed E-state index contributed by atoms with van der Waals surface area (Å²) in [5, 5.41) is 4.56. The molecule has 0 N–H and O–H groups in total. The molecule has 0 saturated carbocycles. The van der Waals surface area contributed by atoms with Crippen molar-refractivity contribution in [1.82, 2.24) is 33.8 Å². The van der Waals surface area contributed by atoms with E-state index < -0.39 is 0 Å². The fourth-order valence-electron chi connectivity index (χ4n) is 4.42. The van der Waals surface area contributed by atoms with E-state index in [-0.39, 0.29) is 5.56 Å². The van der Waals surface area contributed by atoms with Crippen molar-refractivity contribution in [2.75, 3.05) is 6.54 Å². The summed E-state index contributed by atoms with van der Waals surface area (Å²) >= 11 is 0. The van der Waals surface area contributed by atoms with Crippen LogP contribution in [-0.4, -0.2) is 46.4 Å².